The molecule has 632 valence electrons. The lowest BCUT2D eigenvalue weighted by molar-refractivity contribution is 0.596. The second-order valence-electron chi connectivity index (χ2n) is 26.0. The topological polar surface area (TPSA) is 694 Å². The van der Waals surface area contributed by atoms with Crippen LogP contribution in [0.2, 0.25) is 0 Å². The van der Waals surface area contributed by atoms with E-state index in [-0.39, 0.29) is 79.3 Å². The Hall–Kier alpha value is -14.4. The number of nitrogens with two attached hydrogens (primary N) is 10. The van der Waals surface area contributed by atoms with Gasteiger partial charge in [0.2, 0.25) is 92.8 Å². The summed E-state index contributed by atoms with van der Waals surface area (Å²) in [6.45, 7) is 5.10. The van der Waals surface area contributed by atoms with Gasteiger partial charge in [0.1, 0.15) is 36.4 Å². The predicted octanol–water partition coefficient (Wildman–Crippen LogP) is 5.72. The maximum atomic E-state index is 11.4. The number of hydrogen-bond acceptors (Lipinski definition) is 37. The summed E-state index contributed by atoms with van der Waals surface area (Å²) in [5.41, 5.74) is 42.8. The SMILES string of the molecule is CCc1c(NC)ncnc1-n1nc(Nc2ccc(S(N)(=O)=O)cc2)nc1N.C[C@H](Nc1cc(-n2nc(Nc3ccc(S(N)(=O)=O)cc3)nc2N)ncn1)c1ccccc1.NCC[C@@H](Nc1cc(-n2nc(Nc3ccc(S(N)(=O)=O)cc3)nc2N)ncn1)c1ccccc1.NCCc1ccc2nc(-n3nc(Nc4ccc(S(N)(=O)=O)cc4)nc3N)sc2c1. The van der Waals surface area contributed by atoms with Crippen LogP contribution < -0.4 is 92.2 Å². The summed E-state index contributed by atoms with van der Waals surface area (Å²) in [6, 6.07) is 52.9. The fourth-order valence-corrected chi connectivity index (χ4v) is 14.6. The largest absolute Gasteiger partial charge is 0.373 e. The van der Waals surface area contributed by atoms with Crippen LogP contribution in [0.15, 0.2) is 227 Å². The van der Waals surface area contributed by atoms with Gasteiger partial charge in [-0.05, 0) is 165 Å². The van der Waals surface area contributed by atoms with Crippen LogP contribution in [0.3, 0.4) is 0 Å². The molecule has 8 heterocycles. The molecule has 15 rings (SSSR count). The predicted molar refractivity (Wildman–Crippen MR) is 464 cm³/mol. The van der Waals surface area contributed by atoms with Gasteiger partial charge >= 0.3 is 0 Å². The van der Waals surface area contributed by atoms with E-state index in [1.165, 1.54) is 97.6 Å². The second-order valence-corrected chi connectivity index (χ2v) is 33.3. The van der Waals surface area contributed by atoms with Gasteiger partial charge in [-0.25, -0.2) is 89.1 Å². The number of nitrogen functional groups attached to an aromatic ring is 4. The molecule has 0 bridgehead atoms. The van der Waals surface area contributed by atoms with Gasteiger partial charge in [0.15, 0.2) is 17.5 Å². The van der Waals surface area contributed by atoms with Crippen LogP contribution in [0.5, 0.6) is 0 Å². The van der Waals surface area contributed by atoms with Crippen molar-refractivity contribution in [1.29, 1.82) is 0 Å². The molecule has 0 aliphatic heterocycles. The molecule has 27 N–H and O–H groups in total. The molecule has 0 radical (unpaired) electrons. The molecule has 15 aromatic rings. The number of sulfonamides is 4. The lowest BCUT2D eigenvalue weighted by atomic mass is 10.0. The summed E-state index contributed by atoms with van der Waals surface area (Å²) in [4.78, 5) is 46.9. The Bertz CT molecular complexity index is 6610. The van der Waals surface area contributed by atoms with Crippen molar-refractivity contribution in [3.63, 3.8) is 0 Å². The number of thiazole rings is 1. The van der Waals surface area contributed by atoms with Crippen LogP contribution in [0.1, 0.15) is 54.6 Å². The van der Waals surface area contributed by atoms with Gasteiger partial charge in [-0.2, -0.15) is 38.7 Å². The number of nitrogens with one attached hydrogen (secondary N) is 7. The zero-order valence-corrected chi connectivity index (χ0v) is 69.0. The third kappa shape index (κ3) is 22.5. The Balaban J connectivity index is 0.000000149. The first-order valence-electron chi connectivity index (χ1n) is 36.4. The molecule has 122 heavy (non-hydrogen) atoms. The van der Waals surface area contributed by atoms with Crippen molar-refractivity contribution in [1.82, 2.24) is 93.9 Å². The van der Waals surface area contributed by atoms with E-state index < -0.39 is 40.1 Å². The van der Waals surface area contributed by atoms with Crippen molar-refractivity contribution < 1.29 is 33.7 Å². The highest BCUT2D eigenvalue weighted by Crippen LogP contribution is 2.31. The average Bonchev–Trinajstić information content (AvgIpc) is 1.65. The molecule has 0 saturated carbocycles. The highest BCUT2D eigenvalue weighted by atomic mass is 32.2. The first kappa shape index (κ1) is 86.9. The molecule has 0 unspecified atom stereocenters. The Morgan fingerprint density at radius 2 is 0.820 bits per heavy atom. The maximum absolute atomic E-state index is 11.4. The summed E-state index contributed by atoms with van der Waals surface area (Å²) in [5.74, 6) is 4.72. The summed E-state index contributed by atoms with van der Waals surface area (Å²) in [7, 11) is -13.3. The fraction of sp³-hybridized carbons (Fsp3) is 0.137. The molecule has 0 amide bonds. The zero-order valence-electron chi connectivity index (χ0n) is 64.9. The van der Waals surface area contributed by atoms with Crippen molar-refractivity contribution in [2.24, 2.45) is 32.0 Å². The molecular formula is C73H82N36O8S5. The lowest BCUT2D eigenvalue weighted by Crippen LogP contribution is -2.16. The van der Waals surface area contributed by atoms with Gasteiger partial charge in [0, 0.05) is 53.5 Å². The minimum Gasteiger partial charge on any atom is -0.373 e. The van der Waals surface area contributed by atoms with E-state index >= 15 is 0 Å². The van der Waals surface area contributed by atoms with Gasteiger partial charge in [-0.1, -0.05) is 85.0 Å². The van der Waals surface area contributed by atoms with Crippen molar-refractivity contribution in [2.45, 2.75) is 64.8 Å². The summed E-state index contributed by atoms with van der Waals surface area (Å²) in [5, 5.41) is 60.0. The quantitative estimate of drug-likeness (QED) is 0.0279. The highest BCUT2D eigenvalue weighted by Gasteiger charge is 2.22. The third-order valence-corrected chi connectivity index (χ3v) is 22.1. The summed E-state index contributed by atoms with van der Waals surface area (Å²) >= 11 is 1.45. The maximum Gasteiger partial charge on any atom is 0.248 e. The Morgan fingerprint density at radius 1 is 0.426 bits per heavy atom. The molecule has 0 spiro atoms. The van der Waals surface area contributed by atoms with E-state index in [2.05, 4.69) is 119 Å². The molecular weight excluding hydrogens is 1670 g/mol. The fourth-order valence-electron chi connectivity index (χ4n) is 11.5. The standard InChI is InChI=1S/C21H24N10O2S.C20H21N9O2S.C17H18N8O2S2.C15H19N9O2S/c22-11-10-17(14-4-2-1-3-5-14)28-18-12-19(26-13-25-18)31-20(23)29-21(30-31)27-15-6-8-16(9-7-15)34(24,32)33;1-13(14-5-3-2-4-6-14)25-17-11-18(24-12-23-17)29-19(21)27-20(28-29)26-15-7-9-16(10-8-15)32(22,30)31;18-8-7-10-1-6-13-14(9-10)28-17(22-13)25-15(19)23-16(24-25)21-11-2-4-12(5-3-11)29(20,26)27;1-3-11-12(18-2)19-8-20-13(11)24-14(16)22-15(23-24)21-9-4-6-10(7-5-9)27(17,25)26/h1-9,12-13,17H,10-11,22H2,(H2,24,32,33)(H,25,26,28)(H3,23,27,29,30);2-13H,1H3,(H2,22,30,31)(H,23,24,25)(H3,21,26,27,28);1-6,9H,7-8,18H2,(H2,20,26,27)(H3,19,21,23,24);4-8H,3H2,1-2H3,(H2,17,25,26)(H,18,19,20)(H3,16,21,22,23)/t17-;13-;;/m10../s1. The van der Waals surface area contributed by atoms with Gasteiger partial charge < -0.3 is 71.6 Å². The Morgan fingerprint density at radius 3 is 1.23 bits per heavy atom. The number of aromatic nitrogens is 19. The van der Waals surface area contributed by atoms with Crippen molar-refractivity contribution in [3.8, 4) is 22.6 Å². The van der Waals surface area contributed by atoms with Gasteiger partial charge in [0.25, 0.3) is 0 Å². The molecule has 2 atom stereocenters. The molecule has 0 saturated heterocycles. The number of hydrogen-bond donors (Lipinski definition) is 17. The Kier molecular flexibility index (Phi) is 27.2. The van der Waals surface area contributed by atoms with Crippen molar-refractivity contribution in [3.05, 3.63) is 229 Å². The van der Waals surface area contributed by atoms with Crippen LogP contribution >= 0.6 is 11.3 Å². The first-order valence-corrected chi connectivity index (χ1v) is 43.4. The molecule has 0 fully saturated rings. The van der Waals surface area contributed by atoms with Crippen molar-refractivity contribution >= 4 is 149 Å². The smallest absolute Gasteiger partial charge is 0.248 e. The molecule has 0 aliphatic carbocycles. The zero-order chi connectivity index (χ0) is 87.0. The number of nitrogens with zero attached hydrogens (tertiary/aromatic N) is 19. The average molecular weight is 1750 g/mol. The third-order valence-electron chi connectivity index (χ3n) is 17.4. The minimum absolute atomic E-state index is 0.000472. The number of fused-ring (bicyclic) bond motifs is 1. The molecule has 44 nitrogen and oxygen atoms in total. The summed E-state index contributed by atoms with van der Waals surface area (Å²) < 4.78 is 97.5. The van der Waals surface area contributed by atoms with Crippen LogP contribution in [0.25, 0.3) is 32.8 Å². The van der Waals surface area contributed by atoms with Gasteiger partial charge in [-0.3, -0.25) is 0 Å². The van der Waals surface area contributed by atoms with Crippen LogP contribution in [-0.4, -0.2) is 148 Å². The lowest BCUT2D eigenvalue weighted by Gasteiger charge is -2.19. The highest BCUT2D eigenvalue weighted by molar-refractivity contribution is 7.90. The van der Waals surface area contributed by atoms with E-state index in [0.717, 1.165) is 38.9 Å². The van der Waals surface area contributed by atoms with Crippen molar-refractivity contribution in [2.75, 3.05) is 80.3 Å². The number of rotatable bonds is 28. The van der Waals surface area contributed by atoms with Gasteiger partial charge in [-0.15, -0.1) is 20.4 Å². The minimum atomic E-state index is -3.78. The van der Waals surface area contributed by atoms with Crippen LogP contribution in [-0.2, 0) is 52.9 Å². The normalized spacial score (nSPS) is 12.0. The molecule has 0 aliphatic rings. The summed E-state index contributed by atoms with van der Waals surface area (Å²) in [6.07, 6.45) is 6.42. The molecule has 8 aromatic heterocycles. The van der Waals surface area contributed by atoms with E-state index in [1.807, 2.05) is 86.6 Å². The Labute approximate surface area is 701 Å². The first-order chi connectivity index (χ1) is 58.3. The monoisotopic (exact) mass is 1750 g/mol. The van der Waals surface area contributed by atoms with Crippen LogP contribution in [0, 0.1) is 0 Å². The molecule has 49 heteroatoms. The molecule has 7 aromatic carbocycles. The number of primary sulfonamides is 4. The van der Waals surface area contributed by atoms with E-state index in [9.17, 15) is 33.7 Å². The van der Waals surface area contributed by atoms with Crippen LogP contribution in [0.4, 0.5) is 87.8 Å². The second kappa shape index (κ2) is 38.1. The number of anilines is 15. The number of benzene rings is 7. The van der Waals surface area contributed by atoms with Gasteiger partial charge in [0.05, 0.1) is 35.8 Å². The van der Waals surface area contributed by atoms with E-state index in [1.54, 1.807) is 67.7 Å². The van der Waals surface area contributed by atoms with E-state index in [4.69, 9.17) is 55.0 Å². The van der Waals surface area contributed by atoms with E-state index in [0.29, 0.717) is 88.7 Å².